The SMILES string of the molecule is CS(=O)(=O)c1cc(Cl)ccc1-c1ccc(C2CN(C(=O)N3CC[C@H](N)C3)C2)cc1. The van der Waals surface area contributed by atoms with Gasteiger partial charge in [0.1, 0.15) is 0 Å². The van der Waals surface area contributed by atoms with Gasteiger partial charge in [0.05, 0.1) is 4.90 Å². The number of rotatable bonds is 3. The molecule has 2 aromatic rings. The van der Waals surface area contributed by atoms with Crippen LogP contribution in [0, 0.1) is 0 Å². The third kappa shape index (κ3) is 4.13. The van der Waals surface area contributed by atoms with Crippen LogP contribution in [-0.2, 0) is 9.84 Å². The van der Waals surface area contributed by atoms with Crippen molar-refractivity contribution < 1.29 is 13.2 Å². The first-order valence-corrected chi connectivity index (χ1v) is 11.9. The van der Waals surface area contributed by atoms with Crippen LogP contribution in [0.1, 0.15) is 17.9 Å². The summed E-state index contributed by atoms with van der Waals surface area (Å²) in [6, 6.07) is 13.0. The second-order valence-electron chi connectivity index (χ2n) is 7.91. The Morgan fingerprint density at radius 3 is 2.34 bits per heavy atom. The number of benzene rings is 2. The van der Waals surface area contributed by atoms with Crippen molar-refractivity contribution in [3.8, 4) is 11.1 Å². The molecule has 0 saturated carbocycles. The van der Waals surface area contributed by atoms with E-state index in [0.29, 0.717) is 36.1 Å². The molecule has 2 N–H and O–H groups in total. The van der Waals surface area contributed by atoms with Gasteiger partial charge in [-0.2, -0.15) is 0 Å². The Morgan fingerprint density at radius 2 is 1.76 bits per heavy atom. The van der Waals surface area contributed by atoms with Gasteiger partial charge in [0.2, 0.25) is 0 Å². The molecule has 2 saturated heterocycles. The molecule has 4 rings (SSSR count). The van der Waals surface area contributed by atoms with Gasteiger partial charge in [-0.05, 0) is 29.7 Å². The third-order valence-electron chi connectivity index (χ3n) is 5.68. The number of urea groups is 1. The summed E-state index contributed by atoms with van der Waals surface area (Å²) in [4.78, 5) is 16.4. The summed E-state index contributed by atoms with van der Waals surface area (Å²) in [6.07, 6.45) is 2.05. The number of amides is 2. The molecule has 0 unspecified atom stereocenters. The van der Waals surface area contributed by atoms with Crippen LogP contribution in [0.4, 0.5) is 4.79 Å². The lowest BCUT2D eigenvalue weighted by molar-refractivity contribution is 0.121. The van der Waals surface area contributed by atoms with E-state index in [4.69, 9.17) is 17.3 Å². The lowest BCUT2D eigenvalue weighted by Gasteiger charge is -2.41. The minimum atomic E-state index is -3.40. The van der Waals surface area contributed by atoms with Crippen molar-refractivity contribution in [2.75, 3.05) is 32.4 Å². The Morgan fingerprint density at radius 1 is 1.07 bits per heavy atom. The highest BCUT2D eigenvalue weighted by molar-refractivity contribution is 7.90. The Labute approximate surface area is 176 Å². The van der Waals surface area contributed by atoms with Crippen LogP contribution < -0.4 is 5.73 Å². The smallest absolute Gasteiger partial charge is 0.320 e. The predicted molar refractivity (Wildman–Crippen MR) is 114 cm³/mol. The summed E-state index contributed by atoms with van der Waals surface area (Å²) in [5.41, 5.74) is 8.50. The Balaban J connectivity index is 1.46. The molecule has 0 aromatic heterocycles. The summed E-state index contributed by atoms with van der Waals surface area (Å²) < 4.78 is 24.3. The third-order valence-corrected chi connectivity index (χ3v) is 7.06. The maximum atomic E-state index is 12.5. The van der Waals surface area contributed by atoms with Crippen molar-refractivity contribution in [3.63, 3.8) is 0 Å². The van der Waals surface area contributed by atoms with Crippen molar-refractivity contribution in [3.05, 3.63) is 53.1 Å². The van der Waals surface area contributed by atoms with E-state index >= 15 is 0 Å². The van der Waals surface area contributed by atoms with Crippen LogP contribution in [-0.4, -0.2) is 62.7 Å². The van der Waals surface area contributed by atoms with Gasteiger partial charge in [0.15, 0.2) is 9.84 Å². The van der Waals surface area contributed by atoms with Crippen LogP contribution in [0.3, 0.4) is 0 Å². The Bertz CT molecular complexity index is 1030. The Hall–Kier alpha value is -2.09. The van der Waals surface area contributed by atoms with Crippen molar-refractivity contribution in [1.82, 2.24) is 9.80 Å². The first kappa shape index (κ1) is 20.2. The molecule has 8 heteroatoms. The van der Waals surface area contributed by atoms with Gasteiger partial charge in [-0.25, -0.2) is 13.2 Å². The van der Waals surface area contributed by atoms with Crippen LogP contribution in [0.2, 0.25) is 5.02 Å². The fourth-order valence-corrected chi connectivity index (χ4v) is 5.15. The average Bonchev–Trinajstić information content (AvgIpc) is 3.07. The second-order valence-corrected chi connectivity index (χ2v) is 10.3. The van der Waals surface area contributed by atoms with Crippen LogP contribution in [0.25, 0.3) is 11.1 Å². The molecule has 1 atom stereocenters. The molecule has 0 bridgehead atoms. The van der Waals surface area contributed by atoms with E-state index in [1.54, 1.807) is 12.1 Å². The number of carbonyl (C=O) groups is 1. The number of nitrogens with zero attached hydrogens (tertiary/aromatic N) is 2. The maximum Gasteiger partial charge on any atom is 0.320 e. The van der Waals surface area contributed by atoms with Gasteiger partial charge >= 0.3 is 6.03 Å². The molecule has 2 fully saturated rings. The highest BCUT2D eigenvalue weighted by Crippen LogP contribution is 2.33. The number of likely N-dealkylation sites (tertiary alicyclic amines) is 2. The summed E-state index contributed by atoms with van der Waals surface area (Å²) in [7, 11) is -3.40. The van der Waals surface area contributed by atoms with E-state index in [-0.39, 0.29) is 17.0 Å². The Kier molecular flexibility index (Phi) is 5.31. The molecule has 0 spiro atoms. The largest absolute Gasteiger partial charge is 0.326 e. The molecule has 2 heterocycles. The number of carbonyl (C=O) groups excluding carboxylic acids is 1. The van der Waals surface area contributed by atoms with E-state index in [2.05, 4.69) is 0 Å². The van der Waals surface area contributed by atoms with E-state index in [1.807, 2.05) is 34.1 Å². The molecule has 154 valence electrons. The summed E-state index contributed by atoms with van der Waals surface area (Å²) in [5.74, 6) is 0.295. The zero-order chi connectivity index (χ0) is 20.8. The molecule has 6 nitrogen and oxygen atoms in total. The zero-order valence-electron chi connectivity index (χ0n) is 16.2. The summed E-state index contributed by atoms with van der Waals surface area (Å²) in [6.45, 7) is 2.76. The van der Waals surface area contributed by atoms with E-state index in [0.717, 1.165) is 24.1 Å². The molecular formula is C21H24ClN3O3S. The highest BCUT2D eigenvalue weighted by Gasteiger charge is 2.36. The predicted octanol–water partition coefficient (Wildman–Crippen LogP) is 2.96. The van der Waals surface area contributed by atoms with Crippen molar-refractivity contribution in [2.45, 2.75) is 23.3 Å². The number of hydrogen-bond acceptors (Lipinski definition) is 4. The maximum absolute atomic E-state index is 12.5. The minimum absolute atomic E-state index is 0.0739. The lowest BCUT2D eigenvalue weighted by Crippen LogP contribution is -2.53. The molecule has 0 aliphatic carbocycles. The molecule has 2 amide bonds. The number of hydrogen-bond donors (Lipinski definition) is 1. The average molecular weight is 434 g/mol. The van der Waals surface area contributed by atoms with Gasteiger partial charge < -0.3 is 15.5 Å². The minimum Gasteiger partial charge on any atom is -0.326 e. The molecular weight excluding hydrogens is 410 g/mol. The van der Waals surface area contributed by atoms with Gasteiger partial charge in [-0.3, -0.25) is 0 Å². The standard InChI is InChI=1S/C21H24ClN3O3S/c1-29(27,28)20-10-17(22)6-7-19(20)15-4-2-14(3-5-15)16-11-25(12-16)21(26)24-9-8-18(23)13-24/h2-7,10,16,18H,8-9,11-13,23H2,1H3/t18-/m0/s1. The lowest BCUT2D eigenvalue weighted by atomic mass is 9.90. The van der Waals surface area contributed by atoms with Gasteiger partial charge in [-0.1, -0.05) is 41.9 Å². The molecule has 2 aliphatic heterocycles. The second kappa shape index (κ2) is 7.63. The summed E-state index contributed by atoms with van der Waals surface area (Å²) >= 11 is 5.99. The molecule has 2 aromatic carbocycles. The highest BCUT2D eigenvalue weighted by atomic mass is 35.5. The number of sulfone groups is 1. The molecule has 29 heavy (non-hydrogen) atoms. The summed E-state index contributed by atoms with van der Waals surface area (Å²) in [5, 5.41) is 0.393. The van der Waals surface area contributed by atoms with Crippen LogP contribution in [0.15, 0.2) is 47.4 Å². The number of nitrogens with two attached hydrogens (primary N) is 1. The molecule has 2 aliphatic rings. The van der Waals surface area contributed by atoms with E-state index in [9.17, 15) is 13.2 Å². The van der Waals surface area contributed by atoms with Crippen molar-refractivity contribution in [2.24, 2.45) is 5.73 Å². The fourth-order valence-electron chi connectivity index (χ4n) is 3.98. The monoisotopic (exact) mass is 433 g/mol. The fraction of sp³-hybridized carbons (Fsp3) is 0.381. The van der Waals surface area contributed by atoms with Crippen molar-refractivity contribution in [1.29, 1.82) is 0 Å². The van der Waals surface area contributed by atoms with E-state index < -0.39 is 9.84 Å². The first-order valence-electron chi connectivity index (χ1n) is 9.62. The van der Waals surface area contributed by atoms with Crippen LogP contribution in [0.5, 0.6) is 0 Å². The first-order chi connectivity index (χ1) is 13.7. The van der Waals surface area contributed by atoms with Crippen molar-refractivity contribution >= 4 is 27.5 Å². The number of halogens is 1. The van der Waals surface area contributed by atoms with E-state index in [1.165, 1.54) is 12.3 Å². The van der Waals surface area contributed by atoms with Gasteiger partial charge in [0.25, 0.3) is 0 Å². The van der Waals surface area contributed by atoms with Gasteiger partial charge in [0, 0.05) is 55.0 Å². The normalized spacial score (nSPS) is 20.0. The quantitative estimate of drug-likeness (QED) is 0.806. The van der Waals surface area contributed by atoms with Crippen LogP contribution >= 0.6 is 11.6 Å². The zero-order valence-corrected chi connectivity index (χ0v) is 17.8. The van der Waals surface area contributed by atoms with Gasteiger partial charge in [-0.15, -0.1) is 0 Å². The molecule has 0 radical (unpaired) electrons. The topological polar surface area (TPSA) is 83.7 Å².